The SMILES string of the molecule is O=C(O)c1ccc2c(C(=O)O)nc(C3CCSC3)n2c1. The van der Waals surface area contributed by atoms with Crippen molar-refractivity contribution in [2.75, 3.05) is 11.5 Å². The molecule has 3 rings (SSSR count). The number of rotatable bonds is 3. The average Bonchev–Trinajstić information content (AvgIpc) is 3.04. The third-order valence-electron chi connectivity index (χ3n) is 3.41. The van der Waals surface area contributed by atoms with E-state index in [1.807, 2.05) is 0 Å². The van der Waals surface area contributed by atoms with Gasteiger partial charge in [-0.05, 0) is 24.3 Å². The Bertz CT molecular complexity index is 704. The van der Waals surface area contributed by atoms with Crippen LogP contribution in [0.1, 0.15) is 39.0 Å². The minimum Gasteiger partial charge on any atom is -0.478 e. The molecule has 2 aromatic rings. The van der Waals surface area contributed by atoms with E-state index in [4.69, 9.17) is 5.11 Å². The average molecular weight is 292 g/mol. The van der Waals surface area contributed by atoms with E-state index in [-0.39, 0.29) is 17.2 Å². The molecule has 20 heavy (non-hydrogen) atoms. The summed E-state index contributed by atoms with van der Waals surface area (Å²) < 4.78 is 1.61. The maximum absolute atomic E-state index is 11.3. The summed E-state index contributed by atoms with van der Waals surface area (Å²) in [5, 5.41) is 18.3. The lowest BCUT2D eigenvalue weighted by Gasteiger charge is -2.07. The zero-order chi connectivity index (χ0) is 14.3. The van der Waals surface area contributed by atoms with Gasteiger partial charge in [-0.25, -0.2) is 14.6 Å². The first-order valence-electron chi connectivity index (χ1n) is 6.14. The number of hydrogen-bond acceptors (Lipinski definition) is 4. The fraction of sp³-hybridized carbons (Fsp3) is 0.308. The molecule has 1 saturated heterocycles. The van der Waals surface area contributed by atoms with Gasteiger partial charge in [-0.1, -0.05) is 0 Å². The standard InChI is InChI=1S/C13H12N2O4S/c16-12(17)7-1-2-9-10(13(18)19)14-11(15(9)5-7)8-3-4-20-6-8/h1-2,5,8H,3-4,6H2,(H,16,17)(H,18,19). The van der Waals surface area contributed by atoms with Gasteiger partial charge in [-0.3, -0.25) is 0 Å². The van der Waals surface area contributed by atoms with Gasteiger partial charge in [-0.2, -0.15) is 11.8 Å². The Morgan fingerprint density at radius 2 is 2.10 bits per heavy atom. The van der Waals surface area contributed by atoms with Gasteiger partial charge in [0.05, 0.1) is 11.1 Å². The molecule has 3 heterocycles. The van der Waals surface area contributed by atoms with Crippen LogP contribution in [0.2, 0.25) is 0 Å². The minimum absolute atomic E-state index is 0.0196. The summed E-state index contributed by atoms with van der Waals surface area (Å²) in [5.74, 6) is 0.581. The number of aromatic nitrogens is 2. The van der Waals surface area contributed by atoms with Crippen molar-refractivity contribution in [3.63, 3.8) is 0 Å². The van der Waals surface area contributed by atoms with Crippen LogP contribution in [0.3, 0.4) is 0 Å². The Morgan fingerprint density at radius 1 is 1.30 bits per heavy atom. The fourth-order valence-electron chi connectivity index (χ4n) is 2.42. The third-order valence-corrected chi connectivity index (χ3v) is 4.57. The van der Waals surface area contributed by atoms with Crippen molar-refractivity contribution >= 4 is 29.2 Å². The molecule has 2 N–H and O–H groups in total. The van der Waals surface area contributed by atoms with Crippen molar-refractivity contribution in [2.45, 2.75) is 12.3 Å². The zero-order valence-corrected chi connectivity index (χ0v) is 11.3. The predicted molar refractivity (Wildman–Crippen MR) is 73.8 cm³/mol. The number of thioether (sulfide) groups is 1. The van der Waals surface area contributed by atoms with Gasteiger partial charge in [0.25, 0.3) is 0 Å². The Kier molecular flexibility index (Phi) is 3.13. The molecule has 1 aliphatic heterocycles. The maximum atomic E-state index is 11.3. The fourth-order valence-corrected chi connectivity index (χ4v) is 3.64. The normalized spacial score (nSPS) is 18.5. The van der Waals surface area contributed by atoms with E-state index >= 15 is 0 Å². The summed E-state index contributed by atoms with van der Waals surface area (Å²) in [4.78, 5) is 26.6. The molecule has 0 radical (unpaired) electrons. The number of carbonyl (C=O) groups is 2. The van der Waals surface area contributed by atoms with Crippen molar-refractivity contribution in [3.8, 4) is 0 Å². The molecule has 0 spiro atoms. The molecule has 1 aliphatic rings. The Balaban J connectivity index is 2.23. The number of imidazole rings is 1. The van der Waals surface area contributed by atoms with Gasteiger partial charge in [0.2, 0.25) is 0 Å². The van der Waals surface area contributed by atoms with Crippen molar-refractivity contribution in [1.29, 1.82) is 0 Å². The molecule has 7 heteroatoms. The van der Waals surface area contributed by atoms with E-state index < -0.39 is 11.9 Å². The van der Waals surface area contributed by atoms with Gasteiger partial charge in [-0.15, -0.1) is 0 Å². The smallest absolute Gasteiger partial charge is 0.356 e. The van der Waals surface area contributed by atoms with E-state index in [0.29, 0.717) is 11.3 Å². The lowest BCUT2D eigenvalue weighted by Crippen LogP contribution is -2.05. The molecule has 0 bridgehead atoms. The molecule has 0 amide bonds. The first kappa shape index (κ1) is 13.0. The van der Waals surface area contributed by atoms with Crippen LogP contribution in [-0.2, 0) is 0 Å². The lowest BCUT2D eigenvalue weighted by molar-refractivity contribution is 0.0684. The summed E-state index contributed by atoms with van der Waals surface area (Å²) >= 11 is 1.80. The Morgan fingerprint density at radius 3 is 2.70 bits per heavy atom. The number of pyridine rings is 1. The molecule has 2 aromatic heterocycles. The van der Waals surface area contributed by atoms with E-state index in [1.54, 1.807) is 16.2 Å². The molecule has 0 saturated carbocycles. The number of hydrogen-bond donors (Lipinski definition) is 2. The topological polar surface area (TPSA) is 91.9 Å². The highest BCUT2D eigenvalue weighted by Gasteiger charge is 2.26. The zero-order valence-electron chi connectivity index (χ0n) is 10.4. The van der Waals surface area contributed by atoms with E-state index in [0.717, 1.165) is 17.9 Å². The molecule has 0 aromatic carbocycles. The largest absolute Gasteiger partial charge is 0.478 e. The van der Waals surface area contributed by atoms with Crippen LogP contribution in [0.15, 0.2) is 18.3 Å². The minimum atomic E-state index is -1.09. The highest BCUT2D eigenvalue weighted by molar-refractivity contribution is 7.99. The molecule has 1 unspecified atom stereocenters. The summed E-state index contributed by atoms with van der Waals surface area (Å²) in [6.07, 6.45) is 2.38. The second-order valence-electron chi connectivity index (χ2n) is 4.66. The van der Waals surface area contributed by atoms with Crippen LogP contribution in [0.5, 0.6) is 0 Å². The summed E-state index contributed by atoms with van der Waals surface area (Å²) in [5.41, 5.74) is 0.543. The second-order valence-corrected chi connectivity index (χ2v) is 5.81. The van der Waals surface area contributed by atoms with Crippen LogP contribution in [0.25, 0.3) is 5.52 Å². The van der Waals surface area contributed by atoms with Crippen molar-refractivity contribution in [3.05, 3.63) is 35.4 Å². The first-order chi connectivity index (χ1) is 9.58. The molecule has 1 fully saturated rings. The van der Waals surface area contributed by atoms with E-state index in [1.165, 1.54) is 18.3 Å². The molecule has 0 aliphatic carbocycles. The summed E-state index contributed by atoms with van der Waals surface area (Å²) in [6, 6.07) is 2.91. The summed E-state index contributed by atoms with van der Waals surface area (Å²) in [6.45, 7) is 0. The van der Waals surface area contributed by atoms with Crippen LogP contribution < -0.4 is 0 Å². The maximum Gasteiger partial charge on any atom is 0.356 e. The Hall–Kier alpha value is -2.02. The van der Waals surface area contributed by atoms with Crippen molar-refractivity contribution < 1.29 is 19.8 Å². The van der Waals surface area contributed by atoms with Crippen LogP contribution in [0, 0.1) is 0 Å². The molecule has 104 valence electrons. The quantitative estimate of drug-likeness (QED) is 0.898. The molecule has 6 nitrogen and oxygen atoms in total. The van der Waals surface area contributed by atoms with Crippen molar-refractivity contribution in [2.24, 2.45) is 0 Å². The highest BCUT2D eigenvalue weighted by Crippen LogP contribution is 2.33. The van der Waals surface area contributed by atoms with Crippen LogP contribution >= 0.6 is 11.8 Å². The van der Waals surface area contributed by atoms with Crippen LogP contribution in [0.4, 0.5) is 0 Å². The van der Waals surface area contributed by atoms with Gasteiger partial charge in [0, 0.05) is 17.9 Å². The second kappa shape index (κ2) is 4.82. The lowest BCUT2D eigenvalue weighted by atomic mass is 10.1. The monoisotopic (exact) mass is 292 g/mol. The van der Waals surface area contributed by atoms with Gasteiger partial charge in [0.1, 0.15) is 5.82 Å². The number of aromatic carboxylic acids is 2. The number of carboxylic acids is 2. The van der Waals surface area contributed by atoms with Gasteiger partial charge < -0.3 is 14.6 Å². The van der Waals surface area contributed by atoms with Crippen LogP contribution in [-0.4, -0.2) is 43.0 Å². The molecule has 1 atom stereocenters. The third kappa shape index (κ3) is 2.03. The summed E-state index contributed by atoms with van der Waals surface area (Å²) in [7, 11) is 0. The van der Waals surface area contributed by atoms with E-state index in [9.17, 15) is 14.7 Å². The number of carboxylic acid groups (broad SMARTS) is 2. The van der Waals surface area contributed by atoms with Gasteiger partial charge in [0.15, 0.2) is 5.69 Å². The Labute approximate surface area is 118 Å². The number of nitrogens with zero attached hydrogens (tertiary/aromatic N) is 2. The predicted octanol–water partition coefficient (Wildman–Crippen LogP) is 1.95. The first-order valence-corrected chi connectivity index (χ1v) is 7.29. The van der Waals surface area contributed by atoms with Gasteiger partial charge >= 0.3 is 11.9 Å². The highest BCUT2D eigenvalue weighted by atomic mass is 32.2. The van der Waals surface area contributed by atoms with E-state index in [2.05, 4.69) is 4.98 Å². The number of fused-ring (bicyclic) bond motifs is 1. The van der Waals surface area contributed by atoms with Crippen molar-refractivity contribution in [1.82, 2.24) is 9.38 Å². The molecular formula is C13H12N2O4S. The molecular weight excluding hydrogens is 280 g/mol.